The highest BCUT2D eigenvalue weighted by molar-refractivity contribution is 5.33. The summed E-state index contributed by atoms with van der Waals surface area (Å²) in [5, 5.41) is 9.43. The van der Waals surface area contributed by atoms with E-state index in [-0.39, 0.29) is 12.0 Å². The summed E-state index contributed by atoms with van der Waals surface area (Å²) < 4.78 is 0. The van der Waals surface area contributed by atoms with Gasteiger partial charge in [0.15, 0.2) is 0 Å². The summed E-state index contributed by atoms with van der Waals surface area (Å²) in [6.45, 7) is 11.4. The fourth-order valence-electron chi connectivity index (χ4n) is 1.77. The zero-order chi connectivity index (χ0) is 10.7. The number of rotatable bonds is 3. The van der Waals surface area contributed by atoms with E-state index in [0.29, 0.717) is 12.2 Å². The predicted octanol–water partition coefficient (Wildman–Crippen LogP) is 3.04. The SMILES string of the molecule is C=C/C(C)=C(/C)C1CC(O)=CC1N=C. The predicted molar refractivity (Wildman–Crippen MR) is 60.7 cm³/mol. The number of aliphatic hydroxyl groups excluding tert-OH is 1. The van der Waals surface area contributed by atoms with Gasteiger partial charge in [0.05, 0.1) is 11.8 Å². The molecule has 2 unspecified atom stereocenters. The van der Waals surface area contributed by atoms with Crippen molar-refractivity contribution in [3.05, 3.63) is 35.6 Å². The Morgan fingerprint density at radius 2 is 2.29 bits per heavy atom. The van der Waals surface area contributed by atoms with Crippen LogP contribution in [-0.4, -0.2) is 17.9 Å². The topological polar surface area (TPSA) is 32.6 Å². The van der Waals surface area contributed by atoms with Gasteiger partial charge in [-0.25, -0.2) is 0 Å². The molecule has 0 saturated heterocycles. The number of aliphatic imine (C=N–C) groups is 1. The molecule has 76 valence electrons. The molecule has 0 bridgehead atoms. The van der Waals surface area contributed by atoms with Crippen molar-refractivity contribution >= 4 is 6.72 Å². The second-order valence-electron chi connectivity index (χ2n) is 3.71. The van der Waals surface area contributed by atoms with Crippen LogP contribution in [0.1, 0.15) is 20.3 Å². The van der Waals surface area contributed by atoms with Gasteiger partial charge in [-0.3, -0.25) is 4.99 Å². The van der Waals surface area contributed by atoms with Crippen molar-refractivity contribution in [2.45, 2.75) is 26.3 Å². The van der Waals surface area contributed by atoms with E-state index in [0.717, 1.165) is 5.57 Å². The molecule has 2 atom stereocenters. The average molecular weight is 191 g/mol. The van der Waals surface area contributed by atoms with E-state index in [1.165, 1.54) is 5.57 Å². The van der Waals surface area contributed by atoms with Crippen LogP contribution in [0, 0.1) is 5.92 Å². The summed E-state index contributed by atoms with van der Waals surface area (Å²) in [5.74, 6) is 0.675. The maximum absolute atomic E-state index is 9.43. The van der Waals surface area contributed by atoms with E-state index in [9.17, 15) is 5.11 Å². The molecule has 0 fully saturated rings. The Hall–Kier alpha value is -1.31. The summed E-state index contributed by atoms with van der Waals surface area (Å²) in [6, 6.07) is 0.0184. The smallest absolute Gasteiger partial charge is 0.0911 e. The molecule has 1 aliphatic rings. The maximum Gasteiger partial charge on any atom is 0.0911 e. The molecule has 0 aromatic rings. The lowest BCUT2D eigenvalue weighted by Gasteiger charge is -2.17. The molecule has 0 spiro atoms. The fraction of sp³-hybridized carbons (Fsp3) is 0.417. The van der Waals surface area contributed by atoms with Gasteiger partial charge in [-0.05, 0) is 26.6 Å². The molecule has 2 heteroatoms. The first-order valence-corrected chi connectivity index (χ1v) is 4.75. The molecule has 0 saturated carbocycles. The zero-order valence-corrected chi connectivity index (χ0v) is 8.83. The normalized spacial score (nSPS) is 28.0. The Kier molecular flexibility index (Phi) is 3.28. The van der Waals surface area contributed by atoms with Gasteiger partial charge >= 0.3 is 0 Å². The highest BCUT2D eigenvalue weighted by Gasteiger charge is 2.28. The van der Waals surface area contributed by atoms with Gasteiger partial charge in [0.1, 0.15) is 0 Å². The minimum Gasteiger partial charge on any atom is -0.513 e. The third-order valence-corrected chi connectivity index (χ3v) is 2.90. The van der Waals surface area contributed by atoms with Crippen molar-refractivity contribution in [3.8, 4) is 0 Å². The summed E-state index contributed by atoms with van der Waals surface area (Å²) in [4.78, 5) is 4.00. The zero-order valence-electron chi connectivity index (χ0n) is 8.83. The van der Waals surface area contributed by atoms with E-state index in [1.807, 2.05) is 13.0 Å². The monoisotopic (exact) mass is 191 g/mol. The molecule has 1 N–H and O–H groups in total. The minimum atomic E-state index is 0.0184. The highest BCUT2D eigenvalue weighted by atomic mass is 16.3. The van der Waals surface area contributed by atoms with E-state index < -0.39 is 0 Å². The first-order chi connectivity index (χ1) is 6.60. The second kappa shape index (κ2) is 4.27. The van der Waals surface area contributed by atoms with Crippen molar-refractivity contribution in [2.75, 3.05) is 0 Å². The molecule has 0 radical (unpaired) electrons. The maximum atomic E-state index is 9.43. The van der Waals surface area contributed by atoms with Crippen molar-refractivity contribution < 1.29 is 5.11 Å². The van der Waals surface area contributed by atoms with E-state index in [1.54, 1.807) is 6.08 Å². The Labute approximate surface area is 85.4 Å². The minimum absolute atomic E-state index is 0.0184. The van der Waals surface area contributed by atoms with Crippen LogP contribution in [0.5, 0.6) is 0 Å². The number of hydrogen-bond acceptors (Lipinski definition) is 2. The Morgan fingerprint density at radius 1 is 1.64 bits per heavy atom. The second-order valence-corrected chi connectivity index (χ2v) is 3.71. The molecule has 14 heavy (non-hydrogen) atoms. The van der Waals surface area contributed by atoms with Crippen molar-refractivity contribution in [1.29, 1.82) is 0 Å². The number of aliphatic hydroxyl groups is 1. The molecular formula is C12H17NO. The largest absolute Gasteiger partial charge is 0.513 e. The van der Waals surface area contributed by atoms with Gasteiger partial charge in [0.2, 0.25) is 0 Å². The molecule has 0 amide bonds. The van der Waals surface area contributed by atoms with Crippen LogP contribution in [0.4, 0.5) is 0 Å². The van der Waals surface area contributed by atoms with Crippen LogP contribution in [0.2, 0.25) is 0 Å². The summed E-state index contributed by atoms with van der Waals surface area (Å²) in [5.41, 5.74) is 2.39. The molecule has 0 aliphatic heterocycles. The lowest BCUT2D eigenvalue weighted by molar-refractivity contribution is 0.382. The van der Waals surface area contributed by atoms with Gasteiger partial charge in [0, 0.05) is 12.3 Å². The third kappa shape index (κ3) is 1.95. The number of nitrogens with zero attached hydrogens (tertiary/aromatic N) is 1. The van der Waals surface area contributed by atoms with Crippen LogP contribution >= 0.6 is 0 Å². The lowest BCUT2D eigenvalue weighted by atomic mass is 9.91. The van der Waals surface area contributed by atoms with Crippen LogP contribution < -0.4 is 0 Å². The van der Waals surface area contributed by atoms with Crippen LogP contribution in [0.25, 0.3) is 0 Å². The van der Waals surface area contributed by atoms with Crippen molar-refractivity contribution in [2.24, 2.45) is 10.9 Å². The van der Waals surface area contributed by atoms with E-state index in [4.69, 9.17) is 0 Å². The fourth-order valence-corrected chi connectivity index (χ4v) is 1.77. The first-order valence-electron chi connectivity index (χ1n) is 4.75. The summed E-state index contributed by atoms with van der Waals surface area (Å²) in [6.07, 6.45) is 4.28. The molecule has 0 aromatic carbocycles. The van der Waals surface area contributed by atoms with Gasteiger partial charge in [-0.15, -0.1) is 0 Å². The quantitative estimate of drug-likeness (QED) is 0.539. The van der Waals surface area contributed by atoms with Crippen LogP contribution in [0.3, 0.4) is 0 Å². The third-order valence-electron chi connectivity index (χ3n) is 2.90. The van der Waals surface area contributed by atoms with E-state index in [2.05, 4.69) is 25.2 Å². The summed E-state index contributed by atoms with van der Waals surface area (Å²) in [7, 11) is 0. The molecule has 2 nitrogen and oxygen atoms in total. The Morgan fingerprint density at radius 3 is 2.79 bits per heavy atom. The molecule has 1 rings (SSSR count). The van der Waals surface area contributed by atoms with Gasteiger partial charge in [-0.2, -0.15) is 0 Å². The van der Waals surface area contributed by atoms with E-state index >= 15 is 0 Å². The first kappa shape index (κ1) is 10.8. The number of allylic oxidation sites excluding steroid dienone is 3. The number of hydrogen-bond donors (Lipinski definition) is 1. The van der Waals surface area contributed by atoms with Crippen LogP contribution in [-0.2, 0) is 0 Å². The Bertz CT molecular complexity index is 312. The van der Waals surface area contributed by atoms with Crippen molar-refractivity contribution in [1.82, 2.24) is 0 Å². The van der Waals surface area contributed by atoms with Crippen LogP contribution in [0.15, 0.2) is 40.6 Å². The Balaban J connectivity index is 2.91. The lowest BCUT2D eigenvalue weighted by Crippen LogP contribution is -2.13. The molecule has 1 aliphatic carbocycles. The summed E-state index contributed by atoms with van der Waals surface area (Å²) >= 11 is 0. The highest BCUT2D eigenvalue weighted by Crippen LogP contribution is 2.33. The van der Waals surface area contributed by atoms with Crippen molar-refractivity contribution in [3.63, 3.8) is 0 Å². The molecule has 0 heterocycles. The molecular weight excluding hydrogens is 174 g/mol. The van der Waals surface area contributed by atoms with Gasteiger partial charge < -0.3 is 5.11 Å². The molecule has 0 aromatic heterocycles. The van der Waals surface area contributed by atoms with Gasteiger partial charge in [-0.1, -0.05) is 23.8 Å². The average Bonchev–Trinajstić information content (AvgIpc) is 2.57. The standard InChI is InChI=1S/C12H17NO/c1-5-8(2)9(3)11-6-10(14)7-12(11)13-4/h5,7,11-12,14H,1,4,6H2,2-3H3/b9-8-. The van der Waals surface area contributed by atoms with Gasteiger partial charge in [0.25, 0.3) is 0 Å².